The van der Waals surface area contributed by atoms with Gasteiger partial charge in [0, 0.05) is 49.9 Å². The van der Waals surface area contributed by atoms with Crippen molar-refractivity contribution in [1.82, 2.24) is 4.57 Å². The first-order valence-corrected chi connectivity index (χ1v) is 19.7. The van der Waals surface area contributed by atoms with Crippen molar-refractivity contribution < 1.29 is 8.83 Å². The normalized spacial score (nSPS) is 11.8. The van der Waals surface area contributed by atoms with Crippen LogP contribution in [0.3, 0.4) is 0 Å². The third kappa shape index (κ3) is 5.02. The highest BCUT2D eigenvalue weighted by Crippen LogP contribution is 2.45. The Morgan fingerprint density at radius 1 is 0.345 bits per heavy atom. The number of hydrogen-bond donors (Lipinski definition) is 0. The molecule has 0 fully saturated rings. The average molecular weight is 743 g/mol. The van der Waals surface area contributed by atoms with Crippen molar-refractivity contribution in [2.45, 2.75) is 0 Å². The molecule has 0 bridgehead atoms. The van der Waals surface area contributed by atoms with Crippen LogP contribution >= 0.6 is 0 Å². The zero-order chi connectivity index (χ0) is 38.2. The Bertz CT molecular complexity index is 3460. The van der Waals surface area contributed by atoms with Crippen LogP contribution in [0, 0.1) is 0 Å². The maximum Gasteiger partial charge on any atom is 0.137 e. The van der Waals surface area contributed by atoms with Crippen molar-refractivity contribution in [1.29, 1.82) is 0 Å². The van der Waals surface area contributed by atoms with Gasteiger partial charge in [-0.15, -0.1) is 0 Å². The number of nitrogens with zero attached hydrogens (tertiary/aromatic N) is 2. The van der Waals surface area contributed by atoms with E-state index in [0.29, 0.717) is 0 Å². The molecule has 0 amide bonds. The molecule has 12 rings (SSSR count). The first-order chi connectivity index (χ1) is 28.8. The van der Waals surface area contributed by atoms with Crippen molar-refractivity contribution in [2.75, 3.05) is 4.90 Å². The highest BCUT2D eigenvalue weighted by atomic mass is 16.3. The Morgan fingerprint density at radius 3 is 1.67 bits per heavy atom. The van der Waals surface area contributed by atoms with Crippen LogP contribution in [-0.4, -0.2) is 4.57 Å². The summed E-state index contributed by atoms with van der Waals surface area (Å²) < 4.78 is 15.3. The highest BCUT2D eigenvalue weighted by molar-refractivity contribution is 6.14. The summed E-state index contributed by atoms with van der Waals surface area (Å²) in [5, 5.41) is 6.83. The summed E-state index contributed by atoms with van der Waals surface area (Å²) in [5.41, 5.74) is 14.6. The molecule has 3 heterocycles. The third-order valence-corrected chi connectivity index (χ3v) is 11.6. The van der Waals surface area contributed by atoms with Gasteiger partial charge in [0.1, 0.15) is 22.3 Å². The Hall–Kier alpha value is -7.82. The molecule has 9 aromatic carbocycles. The van der Waals surface area contributed by atoms with E-state index >= 15 is 0 Å². The molecule has 4 heteroatoms. The van der Waals surface area contributed by atoms with Gasteiger partial charge in [-0.05, 0) is 89.5 Å². The monoisotopic (exact) mass is 742 g/mol. The van der Waals surface area contributed by atoms with Crippen LogP contribution in [-0.2, 0) is 0 Å². The lowest BCUT2D eigenvalue weighted by Crippen LogP contribution is -2.10. The molecular formula is C54H34N2O2. The lowest BCUT2D eigenvalue weighted by molar-refractivity contribution is 0.669. The average Bonchev–Trinajstić information content (AvgIpc) is 3.97. The summed E-state index contributed by atoms with van der Waals surface area (Å²) in [5.74, 6) is 0. The standard InChI is InChI=1S/C54H34N2O2/c1-2-13-35(14-3-1)37-27-32-48(56-46-19-8-4-15-40(46)41-16-5-9-20-47(41)56)45(33-37)36-25-28-38(29-26-36)55(39-30-31-43-42-17-6-10-22-50(42)58-53(43)34-39)49-21-12-24-52-54(49)44-18-7-11-23-51(44)57-52/h1-34H. The molecule has 0 saturated heterocycles. The van der Waals surface area contributed by atoms with Gasteiger partial charge in [0.05, 0.1) is 27.8 Å². The summed E-state index contributed by atoms with van der Waals surface area (Å²) >= 11 is 0. The SMILES string of the molecule is c1ccc(-c2ccc(-n3c4ccccc4c4ccccc43)c(-c3ccc(N(c4ccc5c(c4)oc4ccccc45)c4cccc5oc6ccccc6c45)cc3)c2)cc1. The van der Waals surface area contributed by atoms with Gasteiger partial charge >= 0.3 is 0 Å². The fourth-order valence-electron chi connectivity index (χ4n) is 8.97. The van der Waals surface area contributed by atoms with Crippen molar-refractivity contribution in [3.05, 3.63) is 206 Å². The second-order valence-corrected chi connectivity index (χ2v) is 14.9. The first-order valence-electron chi connectivity index (χ1n) is 19.7. The maximum absolute atomic E-state index is 6.44. The van der Waals surface area contributed by atoms with Gasteiger partial charge in [-0.1, -0.05) is 127 Å². The minimum Gasteiger partial charge on any atom is -0.456 e. The van der Waals surface area contributed by atoms with E-state index in [1.54, 1.807) is 0 Å². The van der Waals surface area contributed by atoms with E-state index in [-0.39, 0.29) is 0 Å². The number of furan rings is 2. The zero-order valence-corrected chi connectivity index (χ0v) is 31.3. The Labute approximate surface area is 334 Å². The van der Waals surface area contributed by atoms with E-state index in [9.17, 15) is 0 Å². The summed E-state index contributed by atoms with van der Waals surface area (Å²) in [6, 6.07) is 73.3. The predicted octanol–water partition coefficient (Wildman–Crippen LogP) is 15.4. The Morgan fingerprint density at radius 2 is 0.914 bits per heavy atom. The summed E-state index contributed by atoms with van der Waals surface area (Å²) in [6.45, 7) is 0. The molecule has 0 radical (unpaired) electrons. The topological polar surface area (TPSA) is 34.5 Å². The molecule has 0 atom stereocenters. The minimum atomic E-state index is 0.845. The largest absolute Gasteiger partial charge is 0.456 e. The van der Waals surface area contributed by atoms with Gasteiger partial charge in [-0.25, -0.2) is 0 Å². The summed E-state index contributed by atoms with van der Waals surface area (Å²) in [6.07, 6.45) is 0. The number of para-hydroxylation sites is 4. The molecule has 12 aromatic rings. The van der Waals surface area contributed by atoms with Gasteiger partial charge in [-0.2, -0.15) is 0 Å². The lowest BCUT2D eigenvalue weighted by Gasteiger charge is -2.26. The molecule has 0 spiro atoms. The quantitative estimate of drug-likeness (QED) is 0.170. The van der Waals surface area contributed by atoms with Crippen molar-refractivity contribution >= 4 is 82.7 Å². The number of benzene rings is 9. The Kier molecular flexibility index (Phi) is 7.20. The molecule has 0 unspecified atom stereocenters. The highest BCUT2D eigenvalue weighted by Gasteiger charge is 2.22. The molecule has 0 aliphatic heterocycles. The molecule has 0 aliphatic rings. The van der Waals surface area contributed by atoms with Crippen molar-refractivity contribution in [2.24, 2.45) is 0 Å². The van der Waals surface area contributed by atoms with Crippen LogP contribution in [0.5, 0.6) is 0 Å². The summed E-state index contributed by atoms with van der Waals surface area (Å²) in [4.78, 5) is 2.33. The molecule has 0 saturated carbocycles. The molecule has 3 aromatic heterocycles. The predicted molar refractivity (Wildman–Crippen MR) is 241 cm³/mol. The van der Waals surface area contributed by atoms with Crippen LogP contribution in [0.15, 0.2) is 215 Å². The molecular weight excluding hydrogens is 709 g/mol. The van der Waals surface area contributed by atoms with Crippen molar-refractivity contribution in [3.63, 3.8) is 0 Å². The van der Waals surface area contributed by atoms with E-state index < -0.39 is 0 Å². The molecule has 58 heavy (non-hydrogen) atoms. The van der Waals surface area contributed by atoms with Gasteiger partial charge in [0.2, 0.25) is 0 Å². The van der Waals surface area contributed by atoms with Crippen LogP contribution in [0.25, 0.3) is 93.6 Å². The van der Waals surface area contributed by atoms with Crippen LogP contribution < -0.4 is 4.90 Å². The number of rotatable bonds is 6. The lowest BCUT2D eigenvalue weighted by atomic mass is 9.96. The summed E-state index contributed by atoms with van der Waals surface area (Å²) in [7, 11) is 0. The number of anilines is 3. The molecule has 0 N–H and O–H groups in total. The fraction of sp³-hybridized carbons (Fsp3) is 0. The van der Waals surface area contributed by atoms with E-state index in [1.807, 2.05) is 24.3 Å². The number of fused-ring (bicyclic) bond motifs is 9. The minimum absolute atomic E-state index is 0.845. The second kappa shape index (κ2) is 12.9. The third-order valence-electron chi connectivity index (χ3n) is 11.6. The number of hydrogen-bond acceptors (Lipinski definition) is 3. The maximum atomic E-state index is 6.44. The van der Waals surface area contributed by atoms with Gasteiger partial charge in [0.25, 0.3) is 0 Å². The van der Waals surface area contributed by atoms with Gasteiger partial charge < -0.3 is 18.3 Å². The smallest absolute Gasteiger partial charge is 0.137 e. The van der Waals surface area contributed by atoms with Crippen LogP contribution in [0.1, 0.15) is 0 Å². The zero-order valence-electron chi connectivity index (χ0n) is 31.3. The van der Waals surface area contributed by atoms with Crippen molar-refractivity contribution in [3.8, 4) is 27.9 Å². The molecule has 272 valence electrons. The van der Waals surface area contributed by atoms with Crippen LogP contribution in [0.2, 0.25) is 0 Å². The number of aromatic nitrogens is 1. The van der Waals surface area contributed by atoms with E-state index in [2.05, 4.69) is 191 Å². The Balaban J connectivity index is 1.07. The second-order valence-electron chi connectivity index (χ2n) is 14.9. The molecule has 4 nitrogen and oxygen atoms in total. The van der Waals surface area contributed by atoms with Crippen LogP contribution in [0.4, 0.5) is 17.1 Å². The van der Waals surface area contributed by atoms with Gasteiger partial charge in [0.15, 0.2) is 0 Å². The fourth-order valence-corrected chi connectivity index (χ4v) is 8.97. The van der Waals surface area contributed by atoms with E-state index in [1.165, 1.54) is 32.9 Å². The van der Waals surface area contributed by atoms with E-state index in [0.717, 1.165) is 77.8 Å². The van der Waals surface area contributed by atoms with E-state index in [4.69, 9.17) is 8.83 Å². The first kappa shape index (κ1) is 32.4. The molecule has 0 aliphatic carbocycles. The van der Waals surface area contributed by atoms with Gasteiger partial charge in [-0.3, -0.25) is 0 Å².